The molecule has 0 spiro atoms. The lowest BCUT2D eigenvalue weighted by molar-refractivity contribution is 0.686. The lowest BCUT2D eigenvalue weighted by atomic mass is 10.2. The van der Waals surface area contributed by atoms with E-state index in [1.807, 2.05) is 24.0 Å². The van der Waals surface area contributed by atoms with Crippen LogP contribution in [0.1, 0.15) is 5.56 Å². The molecule has 0 saturated heterocycles. The van der Waals surface area contributed by atoms with Crippen molar-refractivity contribution in [3.63, 3.8) is 0 Å². The summed E-state index contributed by atoms with van der Waals surface area (Å²) in [6.07, 6.45) is 5.72. The van der Waals surface area contributed by atoms with Gasteiger partial charge < -0.3 is 4.90 Å². The molecule has 0 fully saturated rings. The lowest BCUT2D eigenvalue weighted by Crippen LogP contribution is -2.33. The third-order valence-electron chi connectivity index (χ3n) is 2.08. The van der Waals surface area contributed by atoms with Crippen LogP contribution >= 0.6 is 11.3 Å². The van der Waals surface area contributed by atoms with Crippen molar-refractivity contribution in [2.24, 2.45) is 9.98 Å². The van der Waals surface area contributed by atoms with E-state index in [0.717, 1.165) is 22.9 Å². The van der Waals surface area contributed by atoms with Gasteiger partial charge in [-0.2, -0.15) is 0 Å². The third kappa shape index (κ3) is 0.954. The topological polar surface area (TPSA) is 28.0 Å². The molecule has 2 aliphatic heterocycles. The highest BCUT2D eigenvalue weighted by Gasteiger charge is 2.20. The molecule has 3 nitrogen and oxygen atoms in total. The zero-order valence-corrected chi connectivity index (χ0v) is 7.66. The molecular weight excluding hydrogens is 182 g/mol. The highest BCUT2D eigenvalue weighted by molar-refractivity contribution is 7.14. The molecule has 0 saturated carbocycles. The largest absolute Gasteiger partial charge is 0.313 e. The molecule has 0 amide bonds. The first-order valence-electron chi connectivity index (χ1n) is 4.07. The van der Waals surface area contributed by atoms with Crippen LogP contribution in [0.2, 0.25) is 0 Å². The quantitative estimate of drug-likeness (QED) is 0.613. The van der Waals surface area contributed by atoms with Crippen molar-refractivity contribution in [1.82, 2.24) is 4.90 Å². The monoisotopic (exact) mass is 189 g/mol. The Labute approximate surface area is 79.7 Å². The van der Waals surface area contributed by atoms with Gasteiger partial charge in [-0.25, -0.2) is 9.98 Å². The van der Waals surface area contributed by atoms with E-state index in [1.165, 1.54) is 0 Å². The summed E-state index contributed by atoms with van der Waals surface area (Å²) in [7, 11) is 0. The second kappa shape index (κ2) is 2.53. The molecule has 3 rings (SSSR count). The first kappa shape index (κ1) is 7.03. The maximum atomic E-state index is 4.34. The van der Waals surface area contributed by atoms with Crippen LogP contribution in [0.15, 0.2) is 33.7 Å². The van der Waals surface area contributed by atoms with Crippen molar-refractivity contribution in [2.45, 2.75) is 0 Å². The second-order valence-electron chi connectivity index (χ2n) is 2.87. The number of hydrogen-bond donors (Lipinski definition) is 0. The van der Waals surface area contributed by atoms with E-state index in [2.05, 4.69) is 21.0 Å². The van der Waals surface area contributed by atoms with Gasteiger partial charge in [0.2, 0.25) is 0 Å². The normalized spacial score (nSPS) is 18.2. The summed E-state index contributed by atoms with van der Waals surface area (Å²) in [5.41, 5.74) is 1.15. The maximum Gasteiger partial charge on any atom is 0.144 e. The predicted molar refractivity (Wildman–Crippen MR) is 54.9 cm³/mol. The first-order valence-corrected chi connectivity index (χ1v) is 4.94. The van der Waals surface area contributed by atoms with Gasteiger partial charge in [-0.3, -0.25) is 0 Å². The molecule has 0 aromatic carbocycles. The van der Waals surface area contributed by atoms with Gasteiger partial charge in [0.15, 0.2) is 0 Å². The molecule has 2 aliphatic rings. The van der Waals surface area contributed by atoms with Crippen molar-refractivity contribution in [1.29, 1.82) is 0 Å². The number of rotatable bonds is 0. The Morgan fingerprint density at radius 3 is 3.46 bits per heavy atom. The molecule has 0 unspecified atom stereocenters. The van der Waals surface area contributed by atoms with E-state index >= 15 is 0 Å². The third-order valence-corrected chi connectivity index (χ3v) is 2.90. The van der Waals surface area contributed by atoms with E-state index in [0.29, 0.717) is 0 Å². The summed E-state index contributed by atoms with van der Waals surface area (Å²) in [5, 5.41) is 3.11. The average molecular weight is 189 g/mol. The molecule has 0 radical (unpaired) electrons. The van der Waals surface area contributed by atoms with Crippen molar-refractivity contribution >= 4 is 28.5 Å². The zero-order valence-electron chi connectivity index (χ0n) is 6.84. The van der Waals surface area contributed by atoms with Crippen LogP contribution in [0.3, 0.4) is 0 Å². The van der Waals surface area contributed by atoms with E-state index in [9.17, 15) is 0 Å². The molecule has 1 aromatic heterocycles. The summed E-state index contributed by atoms with van der Waals surface area (Å²) >= 11 is 1.65. The number of fused-ring (bicyclic) bond motifs is 3. The molecule has 0 bridgehead atoms. The summed E-state index contributed by atoms with van der Waals surface area (Å²) in [5.74, 6) is 1.02. The SMILES string of the molecule is C1=CN=C2c3ccsc3N=CN2C1. The Hall–Kier alpha value is -1.42. The van der Waals surface area contributed by atoms with Crippen molar-refractivity contribution in [3.8, 4) is 0 Å². The van der Waals surface area contributed by atoms with Crippen LogP contribution in [0, 0.1) is 0 Å². The molecule has 4 heteroatoms. The smallest absolute Gasteiger partial charge is 0.144 e. The number of nitrogens with zero attached hydrogens (tertiary/aromatic N) is 3. The van der Waals surface area contributed by atoms with Crippen LogP contribution in [-0.2, 0) is 0 Å². The second-order valence-corrected chi connectivity index (χ2v) is 3.77. The zero-order chi connectivity index (χ0) is 8.67. The molecule has 0 atom stereocenters. The number of aliphatic imine (C=N–C) groups is 2. The van der Waals surface area contributed by atoms with Crippen molar-refractivity contribution in [2.75, 3.05) is 6.54 Å². The Morgan fingerprint density at radius 1 is 1.46 bits per heavy atom. The number of thiophene rings is 1. The van der Waals surface area contributed by atoms with Crippen LogP contribution in [-0.4, -0.2) is 23.6 Å². The van der Waals surface area contributed by atoms with Crippen molar-refractivity contribution < 1.29 is 0 Å². The molecule has 0 aliphatic carbocycles. The van der Waals surface area contributed by atoms with E-state index in [-0.39, 0.29) is 0 Å². The highest BCUT2D eigenvalue weighted by Crippen LogP contribution is 2.30. The van der Waals surface area contributed by atoms with Crippen molar-refractivity contribution in [3.05, 3.63) is 29.3 Å². The molecule has 1 aromatic rings. The Morgan fingerprint density at radius 2 is 2.46 bits per heavy atom. The van der Waals surface area contributed by atoms with Crippen LogP contribution in [0.25, 0.3) is 0 Å². The maximum absolute atomic E-state index is 4.34. The van der Waals surface area contributed by atoms with Gasteiger partial charge in [-0.15, -0.1) is 11.3 Å². The fraction of sp³-hybridized carbons (Fsp3) is 0.111. The highest BCUT2D eigenvalue weighted by atomic mass is 32.1. The molecule has 13 heavy (non-hydrogen) atoms. The molecule has 64 valence electrons. The van der Waals surface area contributed by atoms with Gasteiger partial charge in [0.05, 0.1) is 11.9 Å². The van der Waals surface area contributed by atoms with Gasteiger partial charge >= 0.3 is 0 Å². The Bertz CT molecular complexity index is 428. The minimum absolute atomic E-state index is 0.873. The summed E-state index contributed by atoms with van der Waals surface area (Å²) in [6, 6.07) is 2.07. The number of hydrogen-bond acceptors (Lipinski definition) is 4. The lowest BCUT2D eigenvalue weighted by Gasteiger charge is -2.24. The van der Waals surface area contributed by atoms with E-state index < -0.39 is 0 Å². The van der Waals surface area contributed by atoms with Gasteiger partial charge in [-0.05, 0) is 17.5 Å². The Balaban J connectivity index is 2.21. The van der Waals surface area contributed by atoms with E-state index in [1.54, 1.807) is 11.3 Å². The van der Waals surface area contributed by atoms with Gasteiger partial charge in [0, 0.05) is 12.7 Å². The summed E-state index contributed by atoms with van der Waals surface area (Å²) in [6.45, 7) is 0.873. The van der Waals surface area contributed by atoms with Crippen LogP contribution < -0.4 is 0 Å². The predicted octanol–water partition coefficient (Wildman–Crippen LogP) is 2.00. The summed E-state index contributed by atoms with van der Waals surface area (Å²) < 4.78 is 0. The fourth-order valence-electron chi connectivity index (χ4n) is 1.46. The van der Waals surface area contributed by atoms with Gasteiger partial charge in [0.1, 0.15) is 10.8 Å². The molecular formula is C9H7N3S. The van der Waals surface area contributed by atoms with Gasteiger partial charge in [-0.1, -0.05) is 0 Å². The minimum Gasteiger partial charge on any atom is -0.313 e. The summed E-state index contributed by atoms with van der Waals surface area (Å²) in [4.78, 5) is 10.7. The molecule has 3 heterocycles. The first-order chi connectivity index (χ1) is 6.45. The van der Waals surface area contributed by atoms with Gasteiger partial charge in [0.25, 0.3) is 0 Å². The van der Waals surface area contributed by atoms with E-state index in [4.69, 9.17) is 0 Å². The van der Waals surface area contributed by atoms with Crippen LogP contribution in [0.4, 0.5) is 5.00 Å². The number of amidine groups is 1. The standard InChI is InChI=1S/C9H7N3S/c1-3-10-8-7-2-5-13-9(7)11-6-12(8)4-1/h1-3,5-6H,4H2. The van der Waals surface area contributed by atoms with Crippen LogP contribution in [0.5, 0.6) is 0 Å². The minimum atomic E-state index is 0.873. The molecule has 0 N–H and O–H groups in total. The Kier molecular flexibility index (Phi) is 1.37. The average Bonchev–Trinajstić information content (AvgIpc) is 2.65. The fourth-order valence-corrected chi connectivity index (χ4v) is 2.19.